The van der Waals surface area contributed by atoms with E-state index in [-0.39, 0.29) is 11.5 Å². The van der Waals surface area contributed by atoms with Gasteiger partial charge in [0.2, 0.25) is 9.90 Å². The summed E-state index contributed by atoms with van der Waals surface area (Å²) in [5.41, 5.74) is -0.824. The van der Waals surface area contributed by atoms with Crippen molar-refractivity contribution in [1.82, 2.24) is 4.90 Å². The van der Waals surface area contributed by atoms with Gasteiger partial charge in [0, 0.05) is 17.0 Å². The summed E-state index contributed by atoms with van der Waals surface area (Å²) in [6, 6.07) is 5.16. The molecule has 0 aromatic heterocycles. The quantitative estimate of drug-likeness (QED) is 0.448. The first kappa shape index (κ1) is 16.9. The first-order valence-corrected chi connectivity index (χ1v) is 8.08. The van der Waals surface area contributed by atoms with E-state index in [0.29, 0.717) is 23.6 Å². The molecule has 1 aromatic carbocycles. The smallest absolute Gasteiger partial charge is 0.282 e. The number of rotatable bonds is 2. The summed E-state index contributed by atoms with van der Waals surface area (Å²) in [6.45, 7) is 0.613. The van der Waals surface area contributed by atoms with Gasteiger partial charge in [-0.3, -0.25) is 15.0 Å². The van der Waals surface area contributed by atoms with Crippen molar-refractivity contribution in [2.75, 3.05) is 27.2 Å². The molecule has 9 heteroatoms. The third kappa shape index (κ3) is 2.52. The van der Waals surface area contributed by atoms with E-state index in [9.17, 15) is 10.1 Å². The standard InChI is InChI=1S/C14H15Cl3N2O4/c1-18-6-10-9-5-8(22-2)3-4-11(9)23-12(14(15,16)17)13(10,7-18)19(20)21/h3-5,10,12H,6-7H2,1-2H3/t10-,12+,13+/m0/s1. The predicted octanol–water partition coefficient (Wildman–Crippen LogP) is 2.87. The minimum atomic E-state index is -1.92. The zero-order valence-electron chi connectivity index (χ0n) is 12.5. The molecular weight excluding hydrogens is 367 g/mol. The lowest BCUT2D eigenvalue weighted by Crippen LogP contribution is -2.63. The molecule has 0 unspecified atom stereocenters. The number of nitrogens with zero attached hydrogens (tertiary/aromatic N) is 2. The van der Waals surface area contributed by atoms with Crippen molar-refractivity contribution in [2.24, 2.45) is 0 Å². The number of methoxy groups -OCH3 is 1. The number of hydrogen-bond acceptors (Lipinski definition) is 5. The van der Waals surface area contributed by atoms with Crippen LogP contribution in [0.15, 0.2) is 18.2 Å². The number of benzene rings is 1. The number of nitro groups is 1. The Morgan fingerprint density at radius 3 is 2.74 bits per heavy atom. The van der Waals surface area contributed by atoms with Gasteiger partial charge in [-0.2, -0.15) is 0 Å². The second-order valence-corrected chi connectivity index (χ2v) is 8.31. The van der Waals surface area contributed by atoms with Gasteiger partial charge in [0.05, 0.1) is 19.6 Å². The Morgan fingerprint density at radius 2 is 2.17 bits per heavy atom. The fourth-order valence-electron chi connectivity index (χ4n) is 3.60. The Morgan fingerprint density at radius 1 is 1.48 bits per heavy atom. The summed E-state index contributed by atoms with van der Waals surface area (Å²) in [4.78, 5) is 13.5. The van der Waals surface area contributed by atoms with Gasteiger partial charge in [0.25, 0.3) is 5.54 Å². The molecule has 3 rings (SSSR count). The molecule has 0 aliphatic carbocycles. The number of alkyl halides is 3. The summed E-state index contributed by atoms with van der Waals surface area (Å²) in [5, 5.41) is 12.0. The molecule has 3 atom stereocenters. The fraction of sp³-hybridized carbons (Fsp3) is 0.571. The van der Waals surface area contributed by atoms with E-state index in [4.69, 9.17) is 44.3 Å². The van der Waals surface area contributed by atoms with Crippen LogP contribution in [-0.2, 0) is 0 Å². The molecule has 2 aliphatic heterocycles. The SMILES string of the molecule is COc1ccc2c(c1)[C@@H]1CN(C)C[C@]1([N+](=O)[O-])[C@H](C(Cl)(Cl)Cl)O2. The maximum Gasteiger partial charge on any atom is 0.282 e. The third-order valence-electron chi connectivity index (χ3n) is 4.55. The number of hydrogen-bond donors (Lipinski definition) is 0. The maximum atomic E-state index is 12.0. The van der Waals surface area contributed by atoms with E-state index in [2.05, 4.69) is 0 Å². The number of likely N-dealkylation sites (N-methyl/N-ethyl adjacent to an activating group) is 1. The van der Waals surface area contributed by atoms with E-state index >= 15 is 0 Å². The van der Waals surface area contributed by atoms with Gasteiger partial charge < -0.3 is 9.47 Å². The highest BCUT2D eigenvalue weighted by molar-refractivity contribution is 6.68. The zero-order chi connectivity index (χ0) is 17.0. The van der Waals surface area contributed by atoms with Crippen molar-refractivity contribution >= 4 is 34.8 Å². The number of ether oxygens (including phenoxy) is 2. The fourth-order valence-corrected chi connectivity index (χ4v) is 4.30. The van der Waals surface area contributed by atoms with Crippen molar-refractivity contribution in [1.29, 1.82) is 0 Å². The second kappa shape index (κ2) is 5.55. The van der Waals surface area contributed by atoms with Crippen LogP contribution in [0.2, 0.25) is 0 Å². The summed E-state index contributed by atoms with van der Waals surface area (Å²) in [6.07, 6.45) is -1.19. The molecule has 2 heterocycles. The van der Waals surface area contributed by atoms with Crippen molar-refractivity contribution < 1.29 is 14.4 Å². The van der Waals surface area contributed by atoms with Crippen molar-refractivity contribution in [3.05, 3.63) is 33.9 Å². The average Bonchev–Trinajstić information content (AvgIpc) is 2.83. The minimum Gasteiger partial charge on any atom is -0.497 e. The summed E-state index contributed by atoms with van der Waals surface area (Å²) in [5.74, 6) is 0.633. The van der Waals surface area contributed by atoms with Crippen LogP contribution in [0, 0.1) is 10.1 Å². The summed E-state index contributed by atoms with van der Waals surface area (Å²) >= 11 is 18.1. The van der Waals surface area contributed by atoms with Gasteiger partial charge >= 0.3 is 0 Å². The molecule has 0 amide bonds. The highest BCUT2D eigenvalue weighted by Gasteiger charge is 2.70. The molecule has 0 spiro atoms. The number of fused-ring (bicyclic) bond motifs is 3. The van der Waals surface area contributed by atoms with Gasteiger partial charge in [-0.15, -0.1) is 0 Å². The number of likely N-dealkylation sites (tertiary alicyclic amines) is 1. The topological polar surface area (TPSA) is 64.8 Å². The van der Waals surface area contributed by atoms with Crippen LogP contribution in [0.4, 0.5) is 0 Å². The highest BCUT2D eigenvalue weighted by Crippen LogP contribution is 2.54. The van der Waals surface area contributed by atoms with E-state index in [1.807, 2.05) is 4.90 Å². The third-order valence-corrected chi connectivity index (χ3v) is 5.14. The van der Waals surface area contributed by atoms with E-state index < -0.39 is 21.4 Å². The summed E-state index contributed by atoms with van der Waals surface area (Å²) < 4.78 is 9.11. The largest absolute Gasteiger partial charge is 0.497 e. The monoisotopic (exact) mass is 380 g/mol. The van der Waals surface area contributed by atoms with Crippen LogP contribution >= 0.6 is 34.8 Å². The van der Waals surface area contributed by atoms with Crippen LogP contribution in [0.25, 0.3) is 0 Å². The van der Waals surface area contributed by atoms with Crippen LogP contribution < -0.4 is 9.47 Å². The summed E-state index contributed by atoms with van der Waals surface area (Å²) in [7, 11) is 3.34. The van der Waals surface area contributed by atoms with Crippen molar-refractivity contribution in [3.8, 4) is 11.5 Å². The second-order valence-electron chi connectivity index (χ2n) is 5.94. The maximum absolute atomic E-state index is 12.0. The van der Waals surface area contributed by atoms with Gasteiger partial charge in [0.1, 0.15) is 11.5 Å². The van der Waals surface area contributed by atoms with E-state index in [1.54, 1.807) is 25.2 Å². The molecule has 1 saturated heterocycles. The predicted molar refractivity (Wildman–Crippen MR) is 87.7 cm³/mol. The van der Waals surface area contributed by atoms with Crippen LogP contribution in [0.3, 0.4) is 0 Å². The minimum absolute atomic E-state index is 0.139. The molecule has 23 heavy (non-hydrogen) atoms. The Balaban J connectivity index is 2.22. The first-order chi connectivity index (χ1) is 10.7. The molecule has 0 saturated carbocycles. The molecule has 2 aliphatic rings. The lowest BCUT2D eigenvalue weighted by atomic mass is 9.76. The van der Waals surface area contributed by atoms with Crippen LogP contribution in [0.1, 0.15) is 11.5 Å². The lowest BCUT2D eigenvalue weighted by Gasteiger charge is -2.41. The molecule has 0 bridgehead atoms. The van der Waals surface area contributed by atoms with E-state index in [1.165, 1.54) is 7.11 Å². The number of halogens is 3. The Labute approximate surface area is 148 Å². The Bertz CT molecular complexity index is 651. The zero-order valence-corrected chi connectivity index (χ0v) is 14.7. The Kier molecular flexibility index (Phi) is 4.08. The van der Waals surface area contributed by atoms with Gasteiger partial charge in [-0.25, -0.2) is 0 Å². The molecule has 1 aromatic rings. The van der Waals surface area contributed by atoms with Crippen LogP contribution in [-0.4, -0.2) is 52.5 Å². The van der Waals surface area contributed by atoms with Gasteiger partial charge in [-0.05, 0) is 25.2 Å². The van der Waals surface area contributed by atoms with Crippen molar-refractivity contribution in [2.45, 2.75) is 21.4 Å². The Hall–Kier alpha value is -0.950. The molecule has 0 N–H and O–H groups in total. The van der Waals surface area contributed by atoms with E-state index in [0.717, 1.165) is 0 Å². The molecule has 1 fully saturated rings. The molecule has 0 radical (unpaired) electrons. The van der Waals surface area contributed by atoms with Gasteiger partial charge in [0.15, 0.2) is 0 Å². The van der Waals surface area contributed by atoms with Gasteiger partial charge in [-0.1, -0.05) is 34.8 Å². The van der Waals surface area contributed by atoms with Crippen LogP contribution in [0.5, 0.6) is 11.5 Å². The highest BCUT2D eigenvalue weighted by atomic mass is 35.6. The molecule has 6 nitrogen and oxygen atoms in total. The van der Waals surface area contributed by atoms with Crippen molar-refractivity contribution in [3.63, 3.8) is 0 Å². The lowest BCUT2D eigenvalue weighted by molar-refractivity contribution is -0.581. The normalized spacial score (nSPS) is 30.3. The molecular formula is C14H15Cl3N2O4. The first-order valence-electron chi connectivity index (χ1n) is 6.94. The molecule has 126 valence electrons. The average molecular weight is 382 g/mol.